The largest absolute Gasteiger partial charge is 0.378 e. The number of nitrogens with one attached hydrogen (secondary N) is 1. The van der Waals surface area contributed by atoms with Gasteiger partial charge in [0.2, 0.25) is 5.91 Å². The van der Waals surface area contributed by atoms with E-state index >= 15 is 0 Å². The smallest absolute Gasteiger partial charge is 0.230 e. The summed E-state index contributed by atoms with van der Waals surface area (Å²) in [5.41, 5.74) is -0.428. The van der Waals surface area contributed by atoms with Gasteiger partial charge in [0.25, 0.3) is 0 Å². The fourth-order valence-electron chi connectivity index (χ4n) is 1.81. The van der Waals surface area contributed by atoms with Crippen LogP contribution in [0.25, 0.3) is 0 Å². The predicted molar refractivity (Wildman–Crippen MR) is 88.1 cm³/mol. The molecule has 0 radical (unpaired) electrons. The van der Waals surface area contributed by atoms with Crippen molar-refractivity contribution in [3.05, 3.63) is 15.7 Å². The van der Waals surface area contributed by atoms with Crippen molar-refractivity contribution in [2.45, 2.75) is 20.8 Å². The minimum atomic E-state index is -0.428. The number of anilines is 2. The number of halogens is 1. The highest BCUT2D eigenvalue weighted by Gasteiger charge is 2.22. The Morgan fingerprint density at radius 3 is 2.60 bits per heavy atom. The molecule has 0 aliphatic carbocycles. The van der Waals surface area contributed by atoms with Gasteiger partial charge in [0, 0.05) is 22.1 Å². The van der Waals surface area contributed by atoms with Crippen molar-refractivity contribution in [2.24, 2.45) is 5.41 Å². The van der Waals surface area contributed by atoms with E-state index in [0.29, 0.717) is 5.82 Å². The van der Waals surface area contributed by atoms with Gasteiger partial charge < -0.3 is 15.0 Å². The molecule has 1 fully saturated rings. The molecule has 0 unspecified atom stereocenters. The molecule has 5 nitrogen and oxygen atoms in total. The summed E-state index contributed by atoms with van der Waals surface area (Å²) in [6.07, 6.45) is 0. The van der Waals surface area contributed by atoms with Gasteiger partial charge in [-0.05, 0) is 34.7 Å². The Hall–Kier alpha value is -0.890. The second kappa shape index (κ2) is 6.26. The number of nitrogens with zero attached hydrogens (tertiary/aromatic N) is 2. The first-order valence-electron chi connectivity index (χ1n) is 6.68. The van der Waals surface area contributed by atoms with Crippen molar-refractivity contribution in [1.82, 2.24) is 4.98 Å². The molecule has 1 saturated heterocycles. The molecule has 1 aliphatic rings. The molecule has 0 spiro atoms. The summed E-state index contributed by atoms with van der Waals surface area (Å²) in [5.74, 6) is 1.47. The van der Waals surface area contributed by atoms with Gasteiger partial charge in [-0.3, -0.25) is 4.79 Å². The maximum absolute atomic E-state index is 12.0. The topological polar surface area (TPSA) is 54.5 Å². The Morgan fingerprint density at radius 2 is 2.00 bits per heavy atom. The van der Waals surface area contributed by atoms with Crippen LogP contribution in [0, 0.1) is 8.99 Å². The highest BCUT2D eigenvalue weighted by molar-refractivity contribution is 14.1. The first-order chi connectivity index (χ1) is 9.36. The van der Waals surface area contributed by atoms with Crippen LogP contribution < -0.4 is 10.2 Å². The average molecular weight is 389 g/mol. The monoisotopic (exact) mass is 389 g/mol. The van der Waals surface area contributed by atoms with Crippen LogP contribution in [0.4, 0.5) is 11.6 Å². The maximum Gasteiger partial charge on any atom is 0.230 e. The number of hydrogen-bond acceptors (Lipinski definition) is 4. The van der Waals surface area contributed by atoms with Gasteiger partial charge in [-0.25, -0.2) is 4.98 Å². The molecular weight excluding hydrogens is 369 g/mol. The molecule has 1 aromatic rings. The second-order valence-corrected chi connectivity index (χ2v) is 7.08. The third-order valence-electron chi connectivity index (χ3n) is 3.03. The molecule has 1 aromatic heterocycles. The van der Waals surface area contributed by atoms with Gasteiger partial charge in [0.15, 0.2) is 0 Å². The maximum atomic E-state index is 12.0. The lowest BCUT2D eigenvalue weighted by Crippen LogP contribution is -2.37. The van der Waals surface area contributed by atoms with E-state index in [2.05, 4.69) is 37.8 Å². The quantitative estimate of drug-likeness (QED) is 0.790. The van der Waals surface area contributed by atoms with Crippen LogP contribution >= 0.6 is 22.6 Å². The van der Waals surface area contributed by atoms with Crippen LogP contribution in [0.3, 0.4) is 0 Å². The zero-order chi connectivity index (χ0) is 14.8. The van der Waals surface area contributed by atoms with Crippen molar-refractivity contribution in [1.29, 1.82) is 0 Å². The van der Waals surface area contributed by atoms with Crippen molar-refractivity contribution < 1.29 is 9.53 Å². The van der Waals surface area contributed by atoms with Gasteiger partial charge in [0.1, 0.15) is 11.6 Å². The van der Waals surface area contributed by atoms with Crippen molar-refractivity contribution in [2.75, 3.05) is 36.5 Å². The first kappa shape index (κ1) is 15.5. The summed E-state index contributed by atoms with van der Waals surface area (Å²) >= 11 is 2.25. The zero-order valence-electron chi connectivity index (χ0n) is 12.1. The number of ether oxygens (including phenoxy) is 1. The van der Waals surface area contributed by atoms with E-state index in [9.17, 15) is 4.79 Å². The number of aromatic nitrogens is 1. The van der Waals surface area contributed by atoms with Crippen molar-refractivity contribution in [3.63, 3.8) is 0 Å². The van der Waals surface area contributed by atoms with Crippen LogP contribution in [-0.4, -0.2) is 37.2 Å². The van der Waals surface area contributed by atoms with Crippen LogP contribution in [-0.2, 0) is 9.53 Å². The molecule has 110 valence electrons. The van der Waals surface area contributed by atoms with E-state index in [1.807, 2.05) is 32.9 Å². The number of rotatable bonds is 2. The normalized spacial score (nSPS) is 16.1. The standard InChI is InChI=1S/C14H20IN3O2/c1-14(2,3)13(19)17-11-8-10(15)9-12(16-11)18-4-6-20-7-5-18/h8-9H,4-7H2,1-3H3,(H,16,17,19). The minimum Gasteiger partial charge on any atom is -0.378 e. The first-order valence-corrected chi connectivity index (χ1v) is 7.76. The Bertz CT molecular complexity index is 494. The number of morpholine rings is 1. The Labute approximate surface area is 133 Å². The van der Waals surface area contributed by atoms with Crippen LogP contribution in [0.1, 0.15) is 20.8 Å². The van der Waals surface area contributed by atoms with E-state index in [-0.39, 0.29) is 5.91 Å². The molecule has 0 aromatic carbocycles. The lowest BCUT2D eigenvalue weighted by molar-refractivity contribution is -0.123. The fourth-order valence-corrected chi connectivity index (χ4v) is 2.38. The number of pyridine rings is 1. The fraction of sp³-hybridized carbons (Fsp3) is 0.571. The molecule has 2 rings (SSSR count). The summed E-state index contributed by atoms with van der Waals surface area (Å²) in [7, 11) is 0. The Balaban J connectivity index is 2.18. The summed E-state index contributed by atoms with van der Waals surface area (Å²) in [5, 5.41) is 2.89. The number of hydrogen-bond donors (Lipinski definition) is 1. The molecule has 1 aliphatic heterocycles. The molecule has 1 amide bonds. The number of carbonyl (C=O) groups excluding carboxylic acids is 1. The van der Waals surface area contributed by atoms with Gasteiger partial charge in [-0.1, -0.05) is 20.8 Å². The molecule has 0 bridgehead atoms. The molecule has 20 heavy (non-hydrogen) atoms. The number of carbonyl (C=O) groups is 1. The molecule has 6 heteroatoms. The summed E-state index contributed by atoms with van der Waals surface area (Å²) in [6, 6.07) is 3.91. The molecular formula is C14H20IN3O2. The van der Waals surface area contributed by atoms with E-state index in [1.54, 1.807) is 0 Å². The summed E-state index contributed by atoms with van der Waals surface area (Å²) in [6.45, 7) is 8.77. The molecule has 1 N–H and O–H groups in total. The van der Waals surface area contributed by atoms with E-state index < -0.39 is 5.41 Å². The van der Waals surface area contributed by atoms with Crippen LogP contribution in [0.2, 0.25) is 0 Å². The summed E-state index contributed by atoms with van der Waals surface area (Å²) in [4.78, 5) is 18.8. The second-order valence-electron chi connectivity index (χ2n) is 5.83. The molecule has 0 saturated carbocycles. The highest BCUT2D eigenvalue weighted by atomic mass is 127. The van der Waals surface area contributed by atoms with E-state index in [1.165, 1.54) is 0 Å². The van der Waals surface area contributed by atoms with Gasteiger partial charge in [-0.15, -0.1) is 0 Å². The van der Waals surface area contributed by atoms with Crippen molar-refractivity contribution >= 4 is 40.1 Å². The van der Waals surface area contributed by atoms with E-state index in [4.69, 9.17) is 4.74 Å². The van der Waals surface area contributed by atoms with E-state index in [0.717, 1.165) is 35.7 Å². The van der Waals surface area contributed by atoms with Gasteiger partial charge in [0.05, 0.1) is 13.2 Å². The van der Waals surface area contributed by atoms with Crippen molar-refractivity contribution in [3.8, 4) is 0 Å². The lowest BCUT2D eigenvalue weighted by Gasteiger charge is -2.28. The SMILES string of the molecule is CC(C)(C)C(=O)Nc1cc(I)cc(N2CCOCC2)n1. The predicted octanol–water partition coefficient (Wildman–Crippen LogP) is 2.51. The van der Waals surface area contributed by atoms with Crippen LogP contribution in [0.15, 0.2) is 12.1 Å². The lowest BCUT2D eigenvalue weighted by atomic mass is 9.96. The summed E-state index contributed by atoms with van der Waals surface area (Å²) < 4.78 is 6.41. The van der Waals surface area contributed by atoms with Gasteiger partial charge >= 0.3 is 0 Å². The average Bonchev–Trinajstić information content (AvgIpc) is 2.38. The highest BCUT2D eigenvalue weighted by Crippen LogP contribution is 2.22. The number of amides is 1. The van der Waals surface area contributed by atoms with Gasteiger partial charge in [-0.2, -0.15) is 0 Å². The zero-order valence-corrected chi connectivity index (χ0v) is 14.2. The molecule has 0 atom stereocenters. The Kier molecular flexibility index (Phi) is 4.85. The Morgan fingerprint density at radius 1 is 1.35 bits per heavy atom. The third kappa shape index (κ3) is 4.05. The minimum absolute atomic E-state index is 0.0278. The van der Waals surface area contributed by atoms with Crippen LogP contribution in [0.5, 0.6) is 0 Å². The third-order valence-corrected chi connectivity index (χ3v) is 3.66. The molecule has 2 heterocycles.